The zero-order chi connectivity index (χ0) is 20.8. The molecule has 0 radical (unpaired) electrons. The molecule has 7 nitrogen and oxygen atoms in total. The van der Waals surface area contributed by atoms with Crippen molar-refractivity contribution in [3.05, 3.63) is 59.7 Å². The zero-order valence-corrected chi connectivity index (χ0v) is 16.4. The number of hydrogen-bond acceptors (Lipinski definition) is 4. The fourth-order valence-corrected chi connectivity index (χ4v) is 3.52. The summed E-state index contributed by atoms with van der Waals surface area (Å²) in [7, 11) is 0. The van der Waals surface area contributed by atoms with Gasteiger partial charge in [-0.25, -0.2) is 0 Å². The first-order valence-corrected chi connectivity index (χ1v) is 9.75. The van der Waals surface area contributed by atoms with Crippen LogP contribution in [0.15, 0.2) is 48.5 Å². The lowest BCUT2D eigenvalue weighted by Gasteiger charge is -2.24. The largest absolute Gasteiger partial charge is 0.507 e. The number of benzene rings is 2. The maximum atomic E-state index is 12.7. The van der Waals surface area contributed by atoms with Crippen LogP contribution in [0.1, 0.15) is 35.7 Å². The van der Waals surface area contributed by atoms with Gasteiger partial charge in [-0.05, 0) is 43.0 Å². The highest BCUT2D eigenvalue weighted by molar-refractivity contribution is 6.01. The normalized spacial score (nSPS) is 15.8. The molecule has 0 saturated carbocycles. The van der Waals surface area contributed by atoms with E-state index in [2.05, 4.69) is 10.6 Å². The standard InChI is InChI=1S/C22H25N3O4/c1-2-15-8-3-5-10-17(15)24-20(27)14-23-21(28)18-11-7-13-25(18)22(29)16-9-4-6-12-19(16)26/h3-6,8-10,12,18,26H,2,7,11,13-14H2,1H3,(H,23,28)(H,24,27)/t18-/m0/s1. The Kier molecular flexibility index (Phi) is 6.49. The van der Waals surface area contributed by atoms with Crippen LogP contribution in [-0.2, 0) is 16.0 Å². The van der Waals surface area contributed by atoms with Crippen LogP contribution in [0.5, 0.6) is 5.75 Å². The third kappa shape index (κ3) is 4.74. The summed E-state index contributed by atoms with van der Waals surface area (Å²) < 4.78 is 0. The maximum Gasteiger partial charge on any atom is 0.258 e. The molecule has 152 valence electrons. The Morgan fingerprint density at radius 2 is 1.83 bits per heavy atom. The van der Waals surface area contributed by atoms with Crippen molar-refractivity contribution in [1.82, 2.24) is 10.2 Å². The Morgan fingerprint density at radius 1 is 1.10 bits per heavy atom. The lowest BCUT2D eigenvalue weighted by atomic mass is 10.1. The van der Waals surface area contributed by atoms with Crippen molar-refractivity contribution < 1.29 is 19.5 Å². The van der Waals surface area contributed by atoms with Gasteiger partial charge < -0.3 is 20.6 Å². The van der Waals surface area contributed by atoms with E-state index in [-0.39, 0.29) is 35.6 Å². The number of phenolic OH excluding ortho intramolecular Hbond substituents is 1. The van der Waals surface area contributed by atoms with Gasteiger partial charge in [-0.3, -0.25) is 14.4 Å². The summed E-state index contributed by atoms with van der Waals surface area (Å²) in [5.41, 5.74) is 1.91. The van der Waals surface area contributed by atoms with E-state index in [1.54, 1.807) is 12.1 Å². The summed E-state index contributed by atoms with van der Waals surface area (Å²) in [5, 5.41) is 15.4. The van der Waals surface area contributed by atoms with E-state index >= 15 is 0 Å². The minimum Gasteiger partial charge on any atom is -0.507 e. The lowest BCUT2D eigenvalue weighted by molar-refractivity contribution is -0.127. The van der Waals surface area contributed by atoms with E-state index in [0.717, 1.165) is 17.7 Å². The molecule has 3 rings (SSSR count). The topological polar surface area (TPSA) is 98.7 Å². The molecule has 1 saturated heterocycles. The van der Waals surface area contributed by atoms with Crippen LogP contribution < -0.4 is 10.6 Å². The smallest absolute Gasteiger partial charge is 0.258 e. The maximum absolute atomic E-state index is 12.7. The van der Waals surface area contributed by atoms with Crippen LogP contribution >= 0.6 is 0 Å². The van der Waals surface area contributed by atoms with Gasteiger partial charge in [-0.1, -0.05) is 37.3 Å². The van der Waals surface area contributed by atoms with Crippen LogP contribution in [0, 0.1) is 0 Å². The summed E-state index contributed by atoms with van der Waals surface area (Å²) in [5.74, 6) is -1.19. The number of nitrogens with zero attached hydrogens (tertiary/aromatic N) is 1. The monoisotopic (exact) mass is 395 g/mol. The first kappa shape index (κ1) is 20.4. The van der Waals surface area contributed by atoms with Crippen LogP contribution in [0.4, 0.5) is 5.69 Å². The number of aryl methyl sites for hydroxylation is 1. The van der Waals surface area contributed by atoms with Crippen molar-refractivity contribution in [2.45, 2.75) is 32.2 Å². The second-order valence-corrected chi connectivity index (χ2v) is 6.95. The van der Waals surface area contributed by atoms with Gasteiger partial charge in [-0.15, -0.1) is 0 Å². The molecule has 0 bridgehead atoms. The number of carbonyl (C=O) groups is 3. The summed E-state index contributed by atoms with van der Waals surface area (Å²) in [6, 6.07) is 13.1. The molecule has 29 heavy (non-hydrogen) atoms. The number of phenols is 1. The first-order chi connectivity index (χ1) is 14.0. The second kappa shape index (κ2) is 9.23. The molecule has 0 spiro atoms. The molecular weight excluding hydrogens is 370 g/mol. The van der Waals surface area contributed by atoms with Gasteiger partial charge in [0.25, 0.3) is 5.91 Å². The van der Waals surface area contributed by atoms with Crippen LogP contribution in [-0.4, -0.2) is 46.9 Å². The Bertz CT molecular complexity index is 912. The Hall–Kier alpha value is -3.35. The third-order valence-electron chi connectivity index (χ3n) is 5.05. The van der Waals surface area contributed by atoms with Crippen molar-refractivity contribution in [2.24, 2.45) is 0 Å². The number of rotatable bonds is 6. The van der Waals surface area contributed by atoms with Gasteiger partial charge in [0.2, 0.25) is 11.8 Å². The summed E-state index contributed by atoms with van der Waals surface area (Å²) >= 11 is 0. The highest BCUT2D eigenvalue weighted by atomic mass is 16.3. The number of para-hydroxylation sites is 2. The summed E-state index contributed by atoms with van der Waals surface area (Å²) in [4.78, 5) is 39.0. The van der Waals surface area contributed by atoms with E-state index in [4.69, 9.17) is 0 Å². The van der Waals surface area contributed by atoms with Gasteiger partial charge in [0, 0.05) is 12.2 Å². The van der Waals surface area contributed by atoms with Crippen molar-refractivity contribution >= 4 is 23.4 Å². The van der Waals surface area contributed by atoms with E-state index in [9.17, 15) is 19.5 Å². The van der Waals surface area contributed by atoms with Crippen molar-refractivity contribution in [2.75, 3.05) is 18.4 Å². The summed E-state index contributed by atoms with van der Waals surface area (Å²) in [6.07, 6.45) is 1.99. The Balaban J connectivity index is 1.59. The number of hydrogen-bond donors (Lipinski definition) is 3. The fourth-order valence-electron chi connectivity index (χ4n) is 3.52. The molecule has 0 aliphatic carbocycles. The molecule has 1 aliphatic rings. The minimum absolute atomic E-state index is 0.113. The van der Waals surface area contributed by atoms with Gasteiger partial charge in [0.15, 0.2) is 0 Å². The Morgan fingerprint density at radius 3 is 2.59 bits per heavy atom. The molecule has 2 aromatic rings. The highest BCUT2D eigenvalue weighted by Gasteiger charge is 2.35. The lowest BCUT2D eigenvalue weighted by Crippen LogP contribution is -2.47. The van der Waals surface area contributed by atoms with Crippen molar-refractivity contribution in [1.29, 1.82) is 0 Å². The van der Waals surface area contributed by atoms with Gasteiger partial charge >= 0.3 is 0 Å². The number of carbonyl (C=O) groups excluding carboxylic acids is 3. The van der Waals surface area contributed by atoms with E-state index in [1.165, 1.54) is 17.0 Å². The summed E-state index contributed by atoms with van der Waals surface area (Å²) in [6.45, 7) is 2.26. The number of likely N-dealkylation sites (tertiary alicyclic amines) is 1. The van der Waals surface area contributed by atoms with Crippen molar-refractivity contribution in [3.8, 4) is 5.75 Å². The van der Waals surface area contributed by atoms with Crippen LogP contribution in [0.3, 0.4) is 0 Å². The first-order valence-electron chi connectivity index (χ1n) is 9.75. The molecule has 1 fully saturated rings. The molecule has 1 heterocycles. The molecule has 7 heteroatoms. The number of anilines is 1. The van der Waals surface area contributed by atoms with E-state index < -0.39 is 6.04 Å². The number of amides is 3. The average molecular weight is 395 g/mol. The quantitative estimate of drug-likeness (QED) is 0.699. The number of nitrogens with one attached hydrogen (secondary N) is 2. The van der Waals surface area contributed by atoms with Crippen molar-refractivity contribution in [3.63, 3.8) is 0 Å². The highest BCUT2D eigenvalue weighted by Crippen LogP contribution is 2.24. The molecule has 0 aromatic heterocycles. The van der Waals surface area contributed by atoms with Gasteiger partial charge in [0.05, 0.1) is 12.1 Å². The zero-order valence-electron chi connectivity index (χ0n) is 16.4. The van der Waals surface area contributed by atoms with Gasteiger partial charge in [0.1, 0.15) is 11.8 Å². The molecule has 3 amide bonds. The molecule has 1 atom stereocenters. The fraction of sp³-hybridized carbons (Fsp3) is 0.318. The molecule has 0 unspecified atom stereocenters. The van der Waals surface area contributed by atoms with Gasteiger partial charge in [-0.2, -0.15) is 0 Å². The van der Waals surface area contributed by atoms with Crippen LogP contribution in [0.2, 0.25) is 0 Å². The third-order valence-corrected chi connectivity index (χ3v) is 5.05. The predicted molar refractivity (Wildman–Crippen MR) is 110 cm³/mol. The molecular formula is C22H25N3O4. The Labute approximate surface area is 169 Å². The number of aromatic hydroxyl groups is 1. The van der Waals surface area contributed by atoms with E-state index in [1.807, 2.05) is 31.2 Å². The SMILES string of the molecule is CCc1ccccc1NC(=O)CNC(=O)[C@@H]1CCCN1C(=O)c1ccccc1O. The molecule has 1 aliphatic heterocycles. The van der Waals surface area contributed by atoms with E-state index in [0.29, 0.717) is 19.4 Å². The molecule has 3 N–H and O–H groups in total. The predicted octanol–water partition coefficient (Wildman–Crippen LogP) is 2.31. The molecule has 2 aromatic carbocycles. The second-order valence-electron chi connectivity index (χ2n) is 6.95. The minimum atomic E-state index is -0.655. The average Bonchev–Trinajstić information content (AvgIpc) is 3.22. The van der Waals surface area contributed by atoms with Crippen LogP contribution in [0.25, 0.3) is 0 Å².